The second kappa shape index (κ2) is 4.33. The van der Waals surface area contributed by atoms with Crippen molar-refractivity contribution in [3.05, 3.63) is 60.4 Å². The van der Waals surface area contributed by atoms with E-state index >= 15 is 0 Å². The lowest BCUT2D eigenvalue weighted by atomic mass is 9.68. The molecule has 0 radical (unpaired) electrons. The Morgan fingerprint density at radius 2 is 1.56 bits per heavy atom. The predicted molar refractivity (Wildman–Crippen MR) is 91.4 cm³/mol. The zero-order valence-corrected chi connectivity index (χ0v) is 13.8. The molecule has 0 amide bonds. The molecule has 0 saturated carbocycles. The SMILES string of the molecule is O=C1C(O)=CC2(Oc3cccc4cccc(c34)O2)C23O[C@]12C(O)C=CC3O. The molecule has 27 heavy (non-hydrogen) atoms. The van der Waals surface area contributed by atoms with E-state index in [9.17, 15) is 20.1 Å². The first-order valence-electron chi connectivity index (χ1n) is 8.56. The molecule has 3 N–H and O–H groups in total. The van der Waals surface area contributed by atoms with Crippen LogP contribution in [-0.2, 0) is 9.53 Å². The Hall–Kier alpha value is -2.87. The topological polar surface area (TPSA) is 109 Å². The molecule has 2 aliphatic heterocycles. The van der Waals surface area contributed by atoms with Crippen molar-refractivity contribution in [2.75, 3.05) is 0 Å². The lowest BCUT2D eigenvalue weighted by molar-refractivity contribution is -0.164. The van der Waals surface area contributed by atoms with Crippen molar-refractivity contribution in [2.45, 2.75) is 29.2 Å². The van der Waals surface area contributed by atoms with Gasteiger partial charge in [0.1, 0.15) is 23.7 Å². The second-order valence-electron chi connectivity index (χ2n) is 7.19. The molecule has 7 heteroatoms. The summed E-state index contributed by atoms with van der Waals surface area (Å²) >= 11 is 0. The van der Waals surface area contributed by atoms with Crippen molar-refractivity contribution in [1.29, 1.82) is 0 Å². The van der Waals surface area contributed by atoms with E-state index in [1.807, 2.05) is 24.3 Å². The number of ether oxygens (including phenoxy) is 3. The highest BCUT2D eigenvalue weighted by molar-refractivity contribution is 6.07. The largest absolute Gasteiger partial charge is 0.504 e. The van der Waals surface area contributed by atoms with Crippen LogP contribution < -0.4 is 9.47 Å². The van der Waals surface area contributed by atoms with Gasteiger partial charge >= 0.3 is 5.79 Å². The quantitative estimate of drug-likeness (QED) is 0.474. The Balaban J connectivity index is 1.64. The van der Waals surface area contributed by atoms with Crippen LogP contribution in [-0.4, -0.2) is 50.3 Å². The molecule has 2 aromatic carbocycles. The smallest absolute Gasteiger partial charge is 0.310 e. The maximum atomic E-state index is 12.7. The van der Waals surface area contributed by atoms with Crippen LogP contribution in [0.4, 0.5) is 0 Å². The lowest BCUT2D eigenvalue weighted by Gasteiger charge is -2.45. The van der Waals surface area contributed by atoms with Crippen LogP contribution in [0.2, 0.25) is 0 Å². The summed E-state index contributed by atoms with van der Waals surface area (Å²) in [5, 5.41) is 33.2. The molecular formula is C20H14O7. The minimum absolute atomic E-state index is 0.461. The van der Waals surface area contributed by atoms with Gasteiger partial charge in [-0.2, -0.15) is 0 Å². The number of carbonyl (C=O) groups is 1. The fraction of sp³-hybridized carbons (Fsp3) is 0.250. The molecule has 1 fully saturated rings. The third kappa shape index (κ3) is 1.42. The van der Waals surface area contributed by atoms with Crippen molar-refractivity contribution in [3.63, 3.8) is 0 Å². The number of benzene rings is 2. The van der Waals surface area contributed by atoms with Gasteiger partial charge in [0.2, 0.25) is 17.0 Å². The number of rotatable bonds is 0. The highest BCUT2D eigenvalue weighted by Crippen LogP contribution is 2.66. The van der Waals surface area contributed by atoms with Gasteiger partial charge in [-0.25, -0.2) is 0 Å². The number of hydrogen-bond acceptors (Lipinski definition) is 7. The van der Waals surface area contributed by atoms with Crippen molar-refractivity contribution in [1.82, 2.24) is 0 Å². The van der Waals surface area contributed by atoms with E-state index in [0.29, 0.717) is 11.5 Å². The van der Waals surface area contributed by atoms with Gasteiger partial charge in [0.15, 0.2) is 5.76 Å². The first kappa shape index (κ1) is 15.2. The average Bonchev–Trinajstić information content (AvgIpc) is 3.39. The number of aliphatic hydroxyl groups is 3. The van der Waals surface area contributed by atoms with Gasteiger partial charge in [-0.1, -0.05) is 36.4 Å². The van der Waals surface area contributed by atoms with Gasteiger partial charge in [-0.3, -0.25) is 4.79 Å². The third-order valence-electron chi connectivity index (χ3n) is 5.91. The van der Waals surface area contributed by atoms with E-state index in [4.69, 9.17) is 14.2 Å². The van der Waals surface area contributed by atoms with Crippen LogP contribution in [0, 0.1) is 0 Å². The number of hydrogen-bond donors (Lipinski definition) is 3. The zero-order chi connectivity index (χ0) is 18.6. The van der Waals surface area contributed by atoms with Crippen molar-refractivity contribution < 1.29 is 34.3 Å². The van der Waals surface area contributed by atoms with Gasteiger partial charge < -0.3 is 29.5 Å². The van der Waals surface area contributed by atoms with E-state index in [1.54, 1.807) is 12.1 Å². The number of epoxide rings is 1. The standard InChI is InChI=1S/C20H14O7/c21-11-9-18(20-15(23)8-7-14(22)19(20,27-20)17(11)24)25-12-5-1-3-10-4-2-6-13(26-18)16(10)12/h1-9,14-15,21-23H/t14?,15?,19-,20?/m1/s1. The molecule has 2 aliphatic carbocycles. The first-order valence-corrected chi connectivity index (χ1v) is 8.56. The predicted octanol–water partition coefficient (Wildman–Crippen LogP) is 1.13. The van der Waals surface area contributed by atoms with Gasteiger partial charge in [-0.05, 0) is 17.5 Å². The van der Waals surface area contributed by atoms with E-state index < -0.39 is 40.7 Å². The Morgan fingerprint density at radius 3 is 2.22 bits per heavy atom. The molecule has 2 heterocycles. The van der Waals surface area contributed by atoms with Gasteiger partial charge in [0, 0.05) is 6.08 Å². The molecular weight excluding hydrogens is 352 g/mol. The Bertz CT molecular complexity index is 1060. The highest BCUT2D eigenvalue weighted by atomic mass is 16.8. The molecule has 4 atom stereocenters. The molecule has 0 bridgehead atoms. The summed E-state index contributed by atoms with van der Waals surface area (Å²) in [7, 11) is 0. The van der Waals surface area contributed by atoms with Crippen LogP contribution in [0.5, 0.6) is 11.5 Å². The van der Waals surface area contributed by atoms with Crippen molar-refractivity contribution in [3.8, 4) is 11.5 Å². The normalized spacial score (nSPS) is 37.1. The highest BCUT2D eigenvalue weighted by Gasteiger charge is 2.93. The van der Waals surface area contributed by atoms with Crippen LogP contribution >= 0.6 is 0 Å². The summed E-state index contributed by atoms with van der Waals surface area (Å²) < 4.78 is 18.0. The fourth-order valence-corrected chi connectivity index (χ4v) is 4.70. The minimum Gasteiger partial charge on any atom is -0.504 e. The number of Topliss-reactive ketones (excluding diaryl/α,β-unsaturated/α-hetero) is 1. The van der Waals surface area contributed by atoms with Crippen LogP contribution in [0.1, 0.15) is 0 Å². The lowest BCUT2D eigenvalue weighted by Crippen LogP contribution is -2.69. The molecule has 4 aliphatic rings. The van der Waals surface area contributed by atoms with E-state index in [1.165, 1.54) is 12.2 Å². The second-order valence-corrected chi connectivity index (χ2v) is 7.19. The molecule has 6 rings (SSSR count). The van der Waals surface area contributed by atoms with E-state index in [-0.39, 0.29) is 0 Å². The maximum absolute atomic E-state index is 12.7. The van der Waals surface area contributed by atoms with Crippen LogP contribution in [0.15, 0.2) is 60.4 Å². The fourth-order valence-electron chi connectivity index (χ4n) is 4.70. The van der Waals surface area contributed by atoms with E-state index in [2.05, 4.69) is 0 Å². The van der Waals surface area contributed by atoms with Crippen LogP contribution in [0.3, 0.4) is 0 Å². The molecule has 2 aromatic rings. The number of ketones is 1. The summed E-state index contributed by atoms with van der Waals surface area (Å²) in [5.74, 6) is -2.35. The summed E-state index contributed by atoms with van der Waals surface area (Å²) in [4.78, 5) is 12.7. The van der Waals surface area contributed by atoms with Gasteiger partial charge in [0.05, 0.1) is 5.39 Å². The molecule has 1 spiro atoms. The Kier molecular flexibility index (Phi) is 2.44. The molecule has 0 aromatic heterocycles. The minimum atomic E-state index is -1.86. The summed E-state index contributed by atoms with van der Waals surface area (Å²) in [6, 6.07) is 10.9. The molecule has 136 valence electrons. The summed E-state index contributed by atoms with van der Waals surface area (Å²) in [6.07, 6.45) is 1.08. The third-order valence-corrected chi connectivity index (χ3v) is 5.91. The molecule has 1 saturated heterocycles. The molecule has 7 nitrogen and oxygen atoms in total. The van der Waals surface area contributed by atoms with Crippen LogP contribution in [0.25, 0.3) is 10.8 Å². The Labute approximate surface area is 152 Å². The number of carbonyl (C=O) groups excluding carboxylic acids is 1. The maximum Gasteiger partial charge on any atom is 0.310 e. The number of aliphatic hydroxyl groups excluding tert-OH is 3. The van der Waals surface area contributed by atoms with E-state index in [0.717, 1.165) is 16.8 Å². The van der Waals surface area contributed by atoms with Gasteiger partial charge in [0.25, 0.3) is 0 Å². The Morgan fingerprint density at radius 1 is 0.926 bits per heavy atom. The summed E-state index contributed by atoms with van der Waals surface area (Å²) in [6.45, 7) is 0. The first-order chi connectivity index (χ1) is 13.0. The average molecular weight is 366 g/mol. The van der Waals surface area contributed by atoms with Crippen molar-refractivity contribution in [2.24, 2.45) is 0 Å². The van der Waals surface area contributed by atoms with Crippen molar-refractivity contribution >= 4 is 16.6 Å². The summed E-state index contributed by atoms with van der Waals surface area (Å²) in [5.41, 5.74) is -3.58. The van der Waals surface area contributed by atoms with Gasteiger partial charge in [-0.15, -0.1) is 0 Å². The monoisotopic (exact) mass is 366 g/mol. The zero-order valence-electron chi connectivity index (χ0n) is 13.8. The molecule has 3 unspecified atom stereocenters.